The van der Waals surface area contributed by atoms with Crippen molar-refractivity contribution >= 4 is 6.40 Å². The van der Waals surface area contributed by atoms with Gasteiger partial charge in [0.15, 0.2) is 12.9 Å². The molecule has 2 radical (unpaired) electrons. The Morgan fingerprint density at radius 3 is 2.44 bits per heavy atom. The van der Waals surface area contributed by atoms with Crippen molar-refractivity contribution in [1.29, 1.82) is 0 Å². The third kappa shape index (κ3) is 1.34. The standard InChI is InChI=1S/C4H2F3NO/c5-4(6,7)3-1-8-2-9-3/h2-3H. The Kier molecular flexibility index (Phi) is 1.34. The molecule has 0 spiro atoms. The highest BCUT2D eigenvalue weighted by Gasteiger charge is 2.43. The zero-order valence-electron chi connectivity index (χ0n) is 4.14. The van der Waals surface area contributed by atoms with E-state index in [0.29, 0.717) is 0 Å². The zero-order valence-corrected chi connectivity index (χ0v) is 4.14. The fraction of sp³-hybridized carbons (Fsp3) is 0.500. The number of ether oxygens (including phenoxy) is 1. The Labute approximate surface area is 49.3 Å². The van der Waals surface area contributed by atoms with Gasteiger partial charge in [-0.2, -0.15) is 13.2 Å². The van der Waals surface area contributed by atoms with Crippen molar-refractivity contribution in [2.75, 3.05) is 0 Å². The number of hydrogen-bond acceptors (Lipinski definition) is 2. The first-order valence-corrected chi connectivity index (χ1v) is 2.10. The van der Waals surface area contributed by atoms with Crippen LogP contribution in [-0.4, -0.2) is 18.7 Å². The van der Waals surface area contributed by atoms with Crippen molar-refractivity contribution in [3.63, 3.8) is 0 Å². The lowest BCUT2D eigenvalue weighted by atomic mass is 10.4. The molecule has 1 aliphatic rings. The number of rotatable bonds is 0. The van der Waals surface area contributed by atoms with Crippen LogP contribution < -0.4 is 0 Å². The van der Waals surface area contributed by atoms with Gasteiger partial charge in [0.1, 0.15) is 0 Å². The van der Waals surface area contributed by atoms with E-state index in [1.807, 2.05) is 0 Å². The molecule has 0 bridgehead atoms. The van der Waals surface area contributed by atoms with Gasteiger partial charge in [-0.05, 0) is 0 Å². The Hall–Kier alpha value is -0.740. The monoisotopic (exact) mass is 137 g/mol. The van der Waals surface area contributed by atoms with Crippen molar-refractivity contribution in [3.8, 4) is 0 Å². The van der Waals surface area contributed by atoms with Gasteiger partial charge in [-0.15, -0.1) is 0 Å². The molecule has 50 valence electrons. The largest absolute Gasteiger partial charge is 0.468 e. The quantitative estimate of drug-likeness (QED) is 0.488. The normalized spacial score (nSPS) is 26.3. The van der Waals surface area contributed by atoms with Gasteiger partial charge in [0.25, 0.3) is 0 Å². The van der Waals surface area contributed by atoms with Crippen molar-refractivity contribution in [3.05, 3.63) is 6.54 Å². The maximum atomic E-state index is 11.5. The number of nitrogens with zero attached hydrogens (tertiary/aromatic N) is 1. The van der Waals surface area contributed by atoms with Crippen LogP contribution in [0.5, 0.6) is 0 Å². The average Bonchev–Trinajstić information content (AvgIpc) is 2.08. The van der Waals surface area contributed by atoms with E-state index in [9.17, 15) is 13.2 Å². The van der Waals surface area contributed by atoms with Crippen LogP contribution in [0, 0.1) is 6.54 Å². The molecule has 5 heteroatoms. The van der Waals surface area contributed by atoms with Gasteiger partial charge < -0.3 is 4.74 Å². The second kappa shape index (κ2) is 1.89. The molecule has 0 fully saturated rings. The highest BCUT2D eigenvalue weighted by molar-refractivity contribution is 5.50. The molecule has 2 nitrogen and oxygen atoms in total. The van der Waals surface area contributed by atoms with E-state index >= 15 is 0 Å². The molecule has 1 atom stereocenters. The first-order chi connectivity index (χ1) is 4.11. The molecule has 1 unspecified atom stereocenters. The summed E-state index contributed by atoms with van der Waals surface area (Å²) in [5, 5.41) is 0. The van der Waals surface area contributed by atoms with E-state index in [0.717, 1.165) is 6.40 Å². The lowest BCUT2D eigenvalue weighted by Gasteiger charge is -2.10. The van der Waals surface area contributed by atoms with Gasteiger partial charge in [-0.25, -0.2) is 4.99 Å². The first-order valence-electron chi connectivity index (χ1n) is 2.10. The van der Waals surface area contributed by atoms with Crippen molar-refractivity contribution < 1.29 is 17.9 Å². The highest BCUT2D eigenvalue weighted by Crippen LogP contribution is 2.26. The summed E-state index contributed by atoms with van der Waals surface area (Å²) in [5.74, 6) is 0. The van der Waals surface area contributed by atoms with E-state index in [1.54, 1.807) is 6.54 Å². The van der Waals surface area contributed by atoms with Crippen LogP contribution in [0.1, 0.15) is 0 Å². The molecular weight excluding hydrogens is 135 g/mol. The predicted molar refractivity (Wildman–Crippen MR) is 22.7 cm³/mol. The Morgan fingerprint density at radius 2 is 2.22 bits per heavy atom. The molecule has 1 rings (SSSR count). The van der Waals surface area contributed by atoms with Crippen molar-refractivity contribution in [1.82, 2.24) is 0 Å². The summed E-state index contributed by atoms with van der Waals surface area (Å²) < 4.78 is 38.5. The Morgan fingerprint density at radius 1 is 1.56 bits per heavy atom. The molecule has 0 aromatic rings. The minimum atomic E-state index is -4.38. The smallest absolute Gasteiger partial charge is 0.428 e. The van der Waals surface area contributed by atoms with E-state index in [2.05, 4.69) is 9.73 Å². The Bertz CT molecular complexity index is 122. The zero-order chi connectivity index (χ0) is 6.91. The SMILES string of the molecule is FC(F)(F)C1[C]N=CO1. The third-order valence-electron chi connectivity index (χ3n) is 0.739. The Balaban J connectivity index is 2.46. The molecule has 0 saturated carbocycles. The predicted octanol–water partition coefficient (Wildman–Crippen LogP) is 1.01. The van der Waals surface area contributed by atoms with Gasteiger partial charge in [-0.3, -0.25) is 0 Å². The summed E-state index contributed by atoms with van der Waals surface area (Å²) in [4.78, 5) is 3.01. The van der Waals surface area contributed by atoms with Gasteiger partial charge in [0.2, 0.25) is 6.10 Å². The van der Waals surface area contributed by atoms with Crippen LogP contribution in [-0.2, 0) is 4.74 Å². The number of hydrogen-bond donors (Lipinski definition) is 0. The van der Waals surface area contributed by atoms with Crippen LogP contribution in [0.3, 0.4) is 0 Å². The van der Waals surface area contributed by atoms with E-state index in [-0.39, 0.29) is 0 Å². The fourth-order valence-corrected chi connectivity index (χ4v) is 0.370. The minimum Gasteiger partial charge on any atom is -0.468 e. The third-order valence-corrected chi connectivity index (χ3v) is 0.739. The molecule has 1 aliphatic heterocycles. The summed E-state index contributed by atoms with van der Waals surface area (Å²) >= 11 is 0. The summed E-state index contributed by atoms with van der Waals surface area (Å²) in [6.07, 6.45) is -5.62. The molecule has 0 aromatic heterocycles. The summed E-state index contributed by atoms with van der Waals surface area (Å²) in [7, 11) is 0. The van der Waals surface area contributed by atoms with Crippen LogP contribution >= 0.6 is 0 Å². The van der Waals surface area contributed by atoms with Crippen molar-refractivity contribution in [2.45, 2.75) is 12.3 Å². The van der Waals surface area contributed by atoms with E-state index < -0.39 is 12.3 Å². The first kappa shape index (κ1) is 6.38. The number of halogens is 3. The maximum absolute atomic E-state index is 11.5. The molecule has 0 N–H and O–H groups in total. The molecule has 0 aromatic carbocycles. The van der Waals surface area contributed by atoms with Gasteiger partial charge in [0, 0.05) is 0 Å². The molecule has 9 heavy (non-hydrogen) atoms. The number of aliphatic imine (C=N–C) groups is 1. The summed E-state index contributed by atoms with van der Waals surface area (Å²) in [6.45, 7) is 1.72. The van der Waals surface area contributed by atoms with Crippen LogP contribution in [0.4, 0.5) is 13.2 Å². The van der Waals surface area contributed by atoms with Crippen molar-refractivity contribution in [2.24, 2.45) is 4.99 Å². The highest BCUT2D eigenvalue weighted by atomic mass is 19.4. The maximum Gasteiger partial charge on any atom is 0.428 e. The summed E-state index contributed by atoms with van der Waals surface area (Å²) in [5.41, 5.74) is 0. The van der Waals surface area contributed by atoms with Crippen LogP contribution in [0.15, 0.2) is 4.99 Å². The molecule has 0 amide bonds. The van der Waals surface area contributed by atoms with Gasteiger partial charge >= 0.3 is 6.18 Å². The van der Waals surface area contributed by atoms with E-state index in [1.165, 1.54) is 0 Å². The molecule has 0 saturated heterocycles. The average molecular weight is 137 g/mol. The second-order valence-corrected chi connectivity index (χ2v) is 1.42. The van der Waals surface area contributed by atoms with E-state index in [4.69, 9.17) is 0 Å². The van der Waals surface area contributed by atoms with Crippen LogP contribution in [0.2, 0.25) is 0 Å². The van der Waals surface area contributed by atoms with Gasteiger partial charge in [-0.1, -0.05) is 0 Å². The molecule has 0 aliphatic carbocycles. The minimum absolute atomic E-state index is 0.720. The van der Waals surface area contributed by atoms with Gasteiger partial charge in [0.05, 0.1) is 0 Å². The molecule has 1 heterocycles. The summed E-state index contributed by atoms with van der Waals surface area (Å²) in [6, 6.07) is 0. The lowest BCUT2D eigenvalue weighted by Crippen LogP contribution is -2.28. The van der Waals surface area contributed by atoms with Crippen LogP contribution in [0.25, 0.3) is 0 Å². The number of alkyl halides is 3. The lowest BCUT2D eigenvalue weighted by molar-refractivity contribution is -0.183. The molecular formula is C4H2F3NO. The topological polar surface area (TPSA) is 21.6 Å². The fourth-order valence-electron chi connectivity index (χ4n) is 0.370. The second-order valence-electron chi connectivity index (χ2n) is 1.42.